The van der Waals surface area contributed by atoms with Crippen LogP contribution >= 0.6 is 0 Å². The molecular weight excluding hydrogens is 496 g/mol. The fourth-order valence-electron chi connectivity index (χ4n) is 3.77. The van der Waals surface area contributed by atoms with Gasteiger partial charge in [0.15, 0.2) is 0 Å². The van der Waals surface area contributed by atoms with E-state index in [1.54, 1.807) is 0 Å². The molecule has 0 amide bonds. The van der Waals surface area contributed by atoms with Crippen molar-refractivity contribution in [1.82, 2.24) is 0 Å². The second-order valence-electron chi connectivity index (χ2n) is 8.86. The standard InChI is InChI=1S/C36H30O4/c37-19-21-39-27-35-11-3-9-33(25-35)17-15-31-7-1-5-29(23-31)13-14-30-6-2-8-32(24-30)16-18-34-10-4-12-36(26-34)28-40-22-20-38/h1-12,23-26,37-38H,19-22,27-28H2. The minimum Gasteiger partial charge on any atom is -0.394 e. The van der Waals surface area contributed by atoms with Gasteiger partial charge >= 0.3 is 0 Å². The minimum absolute atomic E-state index is 0.0114. The molecule has 0 saturated carbocycles. The average Bonchev–Trinajstić information content (AvgIpc) is 2.99. The Hall–Kier alpha value is -4.60. The maximum absolute atomic E-state index is 8.87. The molecule has 0 heterocycles. The highest BCUT2D eigenvalue weighted by molar-refractivity contribution is 5.51. The Morgan fingerprint density at radius 3 is 1.05 bits per heavy atom. The Balaban J connectivity index is 1.43. The second kappa shape index (κ2) is 15.7. The first-order valence-corrected chi connectivity index (χ1v) is 13.0. The van der Waals surface area contributed by atoms with Crippen LogP contribution in [0.4, 0.5) is 0 Å². The zero-order valence-corrected chi connectivity index (χ0v) is 22.2. The Morgan fingerprint density at radius 1 is 0.425 bits per heavy atom. The van der Waals surface area contributed by atoms with E-state index in [2.05, 4.69) is 35.5 Å². The van der Waals surface area contributed by atoms with Gasteiger partial charge in [-0.1, -0.05) is 71.9 Å². The molecule has 0 spiro atoms. The third-order valence-corrected chi connectivity index (χ3v) is 5.64. The summed E-state index contributed by atoms with van der Waals surface area (Å²) < 4.78 is 10.8. The van der Waals surface area contributed by atoms with Gasteiger partial charge in [0, 0.05) is 33.4 Å². The molecule has 4 aromatic rings. The molecule has 0 aliphatic carbocycles. The van der Waals surface area contributed by atoms with Crippen LogP contribution in [0, 0.1) is 35.5 Å². The smallest absolute Gasteiger partial charge is 0.0718 e. The molecule has 0 aromatic heterocycles. The Bertz CT molecular complexity index is 1480. The third kappa shape index (κ3) is 9.61. The van der Waals surface area contributed by atoms with Crippen LogP contribution in [0.1, 0.15) is 44.5 Å². The van der Waals surface area contributed by atoms with E-state index < -0.39 is 0 Å². The summed E-state index contributed by atoms with van der Waals surface area (Å²) in [5, 5.41) is 17.7. The van der Waals surface area contributed by atoms with Crippen LogP contribution < -0.4 is 0 Å². The van der Waals surface area contributed by atoms with Gasteiger partial charge in [0.2, 0.25) is 0 Å². The first-order valence-electron chi connectivity index (χ1n) is 13.0. The molecule has 0 saturated heterocycles. The van der Waals surface area contributed by atoms with E-state index >= 15 is 0 Å². The largest absolute Gasteiger partial charge is 0.394 e. The van der Waals surface area contributed by atoms with Gasteiger partial charge in [0.1, 0.15) is 0 Å². The summed E-state index contributed by atoms with van der Waals surface area (Å²) in [5.74, 6) is 19.3. The number of aliphatic hydroxyl groups is 2. The van der Waals surface area contributed by atoms with E-state index in [1.165, 1.54) is 0 Å². The van der Waals surface area contributed by atoms with E-state index in [-0.39, 0.29) is 13.2 Å². The van der Waals surface area contributed by atoms with E-state index in [9.17, 15) is 0 Å². The highest BCUT2D eigenvalue weighted by atomic mass is 16.5. The van der Waals surface area contributed by atoms with Crippen molar-refractivity contribution >= 4 is 0 Å². The lowest BCUT2D eigenvalue weighted by atomic mass is 10.1. The van der Waals surface area contributed by atoms with Gasteiger partial charge in [-0.15, -0.1) is 0 Å². The fraction of sp³-hybridized carbons (Fsp3) is 0.167. The van der Waals surface area contributed by atoms with Crippen molar-refractivity contribution in [2.45, 2.75) is 13.2 Å². The summed E-state index contributed by atoms with van der Waals surface area (Å²) >= 11 is 0. The fourth-order valence-corrected chi connectivity index (χ4v) is 3.77. The van der Waals surface area contributed by atoms with Crippen LogP contribution in [0.25, 0.3) is 0 Å². The molecule has 4 nitrogen and oxygen atoms in total. The van der Waals surface area contributed by atoms with Crippen molar-refractivity contribution in [3.8, 4) is 35.5 Å². The van der Waals surface area contributed by atoms with Gasteiger partial charge in [0.25, 0.3) is 0 Å². The lowest BCUT2D eigenvalue weighted by molar-refractivity contribution is 0.0815. The van der Waals surface area contributed by atoms with Crippen molar-refractivity contribution < 1.29 is 19.7 Å². The molecule has 0 bridgehead atoms. The maximum Gasteiger partial charge on any atom is 0.0718 e. The number of benzene rings is 4. The van der Waals surface area contributed by atoms with Crippen LogP contribution in [0.15, 0.2) is 97.1 Å². The third-order valence-electron chi connectivity index (χ3n) is 5.64. The molecule has 0 unspecified atom stereocenters. The average molecular weight is 527 g/mol. The predicted molar refractivity (Wildman–Crippen MR) is 157 cm³/mol. The molecule has 2 N–H and O–H groups in total. The molecule has 0 fully saturated rings. The highest BCUT2D eigenvalue weighted by Gasteiger charge is 1.97. The first-order chi connectivity index (χ1) is 19.7. The maximum atomic E-state index is 8.87. The zero-order valence-electron chi connectivity index (χ0n) is 22.2. The minimum atomic E-state index is 0.0114. The van der Waals surface area contributed by atoms with Crippen LogP contribution in [-0.2, 0) is 22.7 Å². The van der Waals surface area contributed by atoms with Crippen LogP contribution in [0.3, 0.4) is 0 Å². The summed E-state index contributed by atoms with van der Waals surface area (Å²) in [6.45, 7) is 1.55. The number of hydrogen-bond acceptors (Lipinski definition) is 4. The molecule has 0 radical (unpaired) electrons. The Morgan fingerprint density at radius 2 is 0.725 bits per heavy atom. The lowest BCUT2D eigenvalue weighted by Crippen LogP contribution is -1.99. The van der Waals surface area contributed by atoms with Crippen molar-refractivity contribution in [2.75, 3.05) is 26.4 Å². The summed E-state index contributed by atoms with van der Waals surface area (Å²) in [7, 11) is 0. The molecular formula is C36H30O4. The van der Waals surface area contributed by atoms with Crippen molar-refractivity contribution in [3.63, 3.8) is 0 Å². The lowest BCUT2D eigenvalue weighted by Gasteiger charge is -2.02. The molecule has 4 rings (SSSR count). The summed E-state index contributed by atoms with van der Waals surface area (Å²) in [6.07, 6.45) is 0. The van der Waals surface area contributed by atoms with Gasteiger partial charge in [-0.2, -0.15) is 0 Å². The second-order valence-corrected chi connectivity index (χ2v) is 8.86. The normalized spacial score (nSPS) is 9.95. The molecule has 198 valence electrons. The Labute approximate surface area is 236 Å². The number of aliphatic hydroxyl groups excluding tert-OH is 2. The van der Waals surface area contributed by atoms with Crippen molar-refractivity contribution in [1.29, 1.82) is 0 Å². The molecule has 40 heavy (non-hydrogen) atoms. The van der Waals surface area contributed by atoms with Gasteiger partial charge in [-0.3, -0.25) is 0 Å². The van der Waals surface area contributed by atoms with Crippen LogP contribution in [0.2, 0.25) is 0 Å². The number of ether oxygens (including phenoxy) is 2. The molecule has 0 aliphatic rings. The van der Waals surface area contributed by atoms with E-state index in [0.717, 1.165) is 44.5 Å². The predicted octanol–water partition coefficient (Wildman–Crippen LogP) is 4.90. The topological polar surface area (TPSA) is 58.9 Å². The van der Waals surface area contributed by atoms with Crippen LogP contribution in [0.5, 0.6) is 0 Å². The molecule has 4 heteroatoms. The quantitative estimate of drug-likeness (QED) is 0.253. The zero-order chi connectivity index (χ0) is 27.8. The summed E-state index contributed by atoms with van der Waals surface area (Å²) in [6, 6.07) is 31.5. The number of hydrogen-bond donors (Lipinski definition) is 2. The van der Waals surface area contributed by atoms with Gasteiger partial charge in [0.05, 0.1) is 39.6 Å². The van der Waals surface area contributed by atoms with Gasteiger partial charge < -0.3 is 19.7 Å². The van der Waals surface area contributed by atoms with E-state index in [0.29, 0.717) is 26.4 Å². The monoisotopic (exact) mass is 526 g/mol. The summed E-state index contributed by atoms with van der Waals surface area (Å²) in [5.41, 5.74) is 7.38. The highest BCUT2D eigenvalue weighted by Crippen LogP contribution is 2.10. The molecule has 0 atom stereocenters. The van der Waals surface area contributed by atoms with Crippen molar-refractivity contribution in [2.24, 2.45) is 0 Å². The molecule has 4 aromatic carbocycles. The summed E-state index contributed by atoms with van der Waals surface area (Å²) in [4.78, 5) is 0. The SMILES string of the molecule is OCCOCc1cccc(C#Cc2cccc(C#Cc3cccc(C#Cc4cccc(COCCO)c4)c3)c2)c1. The van der Waals surface area contributed by atoms with Gasteiger partial charge in [-0.25, -0.2) is 0 Å². The number of rotatable bonds is 8. The molecule has 0 aliphatic heterocycles. The first kappa shape index (κ1) is 28.4. The van der Waals surface area contributed by atoms with E-state index in [1.807, 2.05) is 97.1 Å². The van der Waals surface area contributed by atoms with Crippen LogP contribution in [-0.4, -0.2) is 36.6 Å². The van der Waals surface area contributed by atoms with Gasteiger partial charge in [-0.05, 0) is 71.8 Å². The van der Waals surface area contributed by atoms with E-state index in [4.69, 9.17) is 19.7 Å². The Kier molecular flexibility index (Phi) is 11.2. The van der Waals surface area contributed by atoms with Crippen molar-refractivity contribution in [3.05, 3.63) is 142 Å².